The average molecular weight is 765 g/mol. The van der Waals surface area contributed by atoms with Crippen molar-refractivity contribution in [1.29, 1.82) is 0 Å². The maximum Gasteiger partial charge on any atom is 0.0640 e. The van der Waals surface area contributed by atoms with Crippen molar-refractivity contribution in [3.05, 3.63) is 208 Å². The maximum atomic E-state index is 4.15. The zero-order valence-corrected chi connectivity index (χ0v) is 34.1. The van der Waals surface area contributed by atoms with Crippen LogP contribution >= 0.6 is 23.1 Å². The van der Waals surface area contributed by atoms with Gasteiger partial charge in [0.05, 0.1) is 16.1 Å². The Kier molecular flexibility index (Phi) is 11.4. The maximum absolute atomic E-state index is 4.15. The SMILES string of the molecule is C=CC=C(C1=C(C)C2C=CC=CC2S1)N(C(C)=CC=C(CCC)c1ccc(N(c2ccccc2)c2cccc3c4c(sc23)C=CCC=C4)cc1)c1ccccc1. The smallest absolute Gasteiger partial charge is 0.0640 e. The van der Waals surface area contributed by atoms with Crippen molar-refractivity contribution >= 4 is 73.7 Å². The van der Waals surface area contributed by atoms with Crippen molar-refractivity contribution in [1.82, 2.24) is 0 Å². The first-order chi connectivity index (χ1) is 27.6. The molecule has 0 N–H and O–H groups in total. The van der Waals surface area contributed by atoms with Crippen LogP contribution in [0.4, 0.5) is 22.7 Å². The van der Waals surface area contributed by atoms with Crippen LogP contribution in [0.2, 0.25) is 0 Å². The minimum absolute atomic E-state index is 0.411. The normalized spacial score (nSPS) is 17.9. The highest BCUT2D eigenvalue weighted by molar-refractivity contribution is 8.04. The van der Waals surface area contributed by atoms with E-state index in [0.29, 0.717) is 11.2 Å². The topological polar surface area (TPSA) is 6.48 Å². The molecule has 0 saturated heterocycles. The number of thiophene rings is 1. The summed E-state index contributed by atoms with van der Waals surface area (Å²) in [4.78, 5) is 7.45. The average Bonchev–Trinajstić information content (AvgIpc) is 3.67. The van der Waals surface area contributed by atoms with Crippen molar-refractivity contribution in [2.45, 2.75) is 45.3 Å². The van der Waals surface area contributed by atoms with Crippen LogP contribution in [0.15, 0.2) is 192 Å². The third kappa shape index (κ3) is 7.52. The molecule has 2 aliphatic carbocycles. The number of rotatable bonds is 12. The Morgan fingerprint density at radius 1 is 0.786 bits per heavy atom. The lowest BCUT2D eigenvalue weighted by Gasteiger charge is -2.29. The number of allylic oxidation sites excluding steroid dienone is 12. The van der Waals surface area contributed by atoms with Gasteiger partial charge in [-0.3, -0.25) is 0 Å². The van der Waals surface area contributed by atoms with Gasteiger partial charge in [-0.25, -0.2) is 0 Å². The molecule has 1 aromatic heterocycles. The van der Waals surface area contributed by atoms with Crippen molar-refractivity contribution < 1.29 is 0 Å². The number of anilines is 4. The minimum atomic E-state index is 0.411. The van der Waals surface area contributed by atoms with E-state index in [1.54, 1.807) is 0 Å². The standard InChI is InChI=1S/C52H48N2S2/c1-5-19-39(32-31-37(3)53(41-21-10-7-11-22-41)47(20-6-2)51-38(4)44-25-16-17-30-49(44)55-51)40-33-35-43(36-34-40)54(42-23-12-8-13-24-42)48-28-18-27-46-45-26-14-9-15-29-50(45)56-52(46)48/h6-8,10-18,20-36,44,49H,2,5,9,19H2,1,3-4H3. The monoisotopic (exact) mass is 764 g/mol. The molecule has 0 spiro atoms. The van der Waals surface area contributed by atoms with Gasteiger partial charge in [0.25, 0.3) is 0 Å². The summed E-state index contributed by atoms with van der Waals surface area (Å²) in [5.74, 6) is 0.411. The van der Waals surface area contributed by atoms with Crippen LogP contribution in [0.3, 0.4) is 0 Å². The van der Waals surface area contributed by atoms with E-state index in [0.717, 1.165) is 42.0 Å². The van der Waals surface area contributed by atoms with Crippen LogP contribution in [0.25, 0.3) is 27.8 Å². The fraction of sp³-hybridized carbons (Fsp3) is 0.154. The Balaban J connectivity index is 1.16. The van der Waals surface area contributed by atoms with Crippen LogP contribution in [0.1, 0.15) is 56.0 Å². The van der Waals surface area contributed by atoms with Gasteiger partial charge >= 0.3 is 0 Å². The minimum Gasteiger partial charge on any atom is -0.313 e. The Bertz CT molecular complexity index is 2470. The molecule has 2 nitrogen and oxygen atoms in total. The molecule has 0 fully saturated rings. The molecule has 0 amide bonds. The second-order valence-electron chi connectivity index (χ2n) is 14.4. The van der Waals surface area contributed by atoms with Crippen LogP contribution in [0.5, 0.6) is 0 Å². The highest BCUT2D eigenvalue weighted by atomic mass is 32.2. The quantitative estimate of drug-likeness (QED) is 0.117. The molecule has 2 unspecified atom stereocenters. The van der Waals surface area contributed by atoms with Gasteiger partial charge in [-0.1, -0.05) is 135 Å². The molecule has 0 bridgehead atoms. The second-order valence-corrected chi connectivity index (χ2v) is 16.6. The molecule has 0 radical (unpaired) electrons. The molecular formula is C52H48N2S2. The molecule has 5 aromatic rings. The van der Waals surface area contributed by atoms with Crippen molar-refractivity contribution in [3.8, 4) is 0 Å². The van der Waals surface area contributed by atoms with E-state index in [9.17, 15) is 0 Å². The molecule has 56 heavy (non-hydrogen) atoms. The summed E-state index contributed by atoms with van der Waals surface area (Å²) in [6.45, 7) is 10.9. The molecular weight excluding hydrogens is 717 g/mol. The molecule has 3 aliphatic rings. The summed E-state index contributed by atoms with van der Waals surface area (Å²) in [6, 6.07) is 37.4. The van der Waals surface area contributed by atoms with E-state index < -0.39 is 0 Å². The van der Waals surface area contributed by atoms with Crippen molar-refractivity contribution in [2.75, 3.05) is 9.80 Å². The first-order valence-electron chi connectivity index (χ1n) is 19.7. The second kappa shape index (κ2) is 17.1. The summed E-state index contributed by atoms with van der Waals surface area (Å²) in [5, 5.41) is 1.73. The van der Waals surface area contributed by atoms with E-state index in [2.05, 4.69) is 207 Å². The van der Waals surface area contributed by atoms with E-state index in [4.69, 9.17) is 0 Å². The largest absolute Gasteiger partial charge is 0.313 e. The van der Waals surface area contributed by atoms with Gasteiger partial charge < -0.3 is 9.80 Å². The zero-order valence-electron chi connectivity index (χ0n) is 32.4. The van der Waals surface area contributed by atoms with Crippen LogP contribution < -0.4 is 9.80 Å². The van der Waals surface area contributed by atoms with Gasteiger partial charge in [-0.05, 0) is 104 Å². The van der Waals surface area contributed by atoms with Gasteiger partial charge in [-0.2, -0.15) is 0 Å². The number of para-hydroxylation sites is 2. The summed E-state index contributed by atoms with van der Waals surface area (Å²) < 4.78 is 1.30. The van der Waals surface area contributed by atoms with E-state index >= 15 is 0 Å². The Hall–Kier alpha value is -5.55. The lowest BCUT2D eigenvalue weighted by molar-refractivity contribution is 0.797. The van der Waals surface area contributed by atoms with Gasteiger partial charge in [0.2, 0.25) is 0 Å². The predicted octanol–water partition coefficient (Wildman–Crippen LogP) is 15.6. The highest BCUT2D eigenvalue weighted by Crippen LogP contribution is 2.50. The number of benzene rings is 4. The molecule has 2 atom stereocenters. The number of hydrogen-bond acceptors (Lipinski definition) is 4. The van der Waals surface area contributed by atoms with Gasteiger partial charge in [0.15, 0.2) is 0 Å². The number of thioether (sulfide) groups is 1. The van der Waals surface area contributed by atoms with Gasteiger partial charge in [0, 0.05) is 54.7 Å². The third-order valence-electron chi connectivity index (χ3n) is 10.7. The molecule has 8 rings (SSSR count). The summed E-state index contributed by atoms with van der Waals surface area (Å²) in [7, 11) is 0. The molecule has 2 heterocycles. The van der Waals surface area contributed by atoms with E-state index in [1.165, 1.54) is 53.5 Å². The fourth-order valence-corrected chi connectivity index (χ4v) is 10.7. The Labute approximate surface area is 341 Å². The third-order valence-corrected chi connectivity index (χ3v) is 13.4. The molecule has 4 aromatic carbocycles. The first-order valence-corrected chi connectivity index (χ1v) is 21.4. The number of fused-ring (bicyclic) bond motifs is 4. The number of hydrogen-bond donors (Lipinski definition) is 0. The van der Waals surface area contributed by atoms with Gasteiger partial charge in [0.1, 0.15) is 0 Å². The lowest BCUT2D eigenvalue weighted by atomic mass is 9.92. The molecule has 0 saturated carbocycles. The molecule has 1 aliphatic heterocycles. The Morgan fingerprint density at radius 2 is 1.50 bits per heavy atom. The summed E-state index contributed by atoms with van der Waals surface area (Å²) >= 11 is 3.84. The zero-order chi connectivity index (χ0) is 38.4. The van der Waals surface area contributed by atoms with Crippen LogP contribution in [0, 0.1) is 5.92 Å². The van der Waals surface area contributed by atoms with Gasteiger partial charge in [-0.15, -0.1) is 23.1 Å². The number of nitrogens with zero attached hydrogens (tertiary/aromatic N) is 2. The molecule has 278 valence electrons. The predicted molar refractivity (Wildman–Crippen MR) is 249 cm³/mol. The summed E-state index contributed by atoms with van der Waals surface area (Å²) in [6.07, 6.45) is 29.9. The molecule has 4 heteroatoms. The van der Waals surface area contributed by atoms with E-state index in [1.807, 2.05) is 29.2 Å². The lowest BCUT2D eigenvalue weighted by Crippen LogP contribution is -2.21. The van der Waals surface area contributed by atoms with Crippen LogP contribution in [-0.4, -0.2) is 5.25 Å². The van der Waals surface area contributed by atoms with Crippen molar-refractivity contribution in [3.63, 3.8) is 0 Å². The van der Waals surface area contributed by atoms with E-state index in [-0.39, 0.29) is 0 Å². The fourth-order valence-electron chi connectivity index (χ4n) is 7.98. The van der Waals surface area contributed by atoms with Crippen molar-refractivity contribution in [2.24, 2.45) is 5.92 Å². The summed E-state index contributed by atoms with van der Waals surface area (Å²) in [5.41, 5.74) is 12.2. The first kappa shape index (κ1) is 37.4. The Morgan fingerprint density at radius 3 is 2.23 bits per heavy atom. The highest BCUT2D eigenvalue weighted by Gasteiger charge is 2.34. The van der Waals surface area contributed by atoms with Crippen LogP contribution in [-0.2, 0) is 0 Å².